The molecule has 0 aromatic carbocycles. The molecule has 42 valence electrons. The first kappa shape index (κ1) is 5.39. The van der Waals surface area contributed by atoms with Gasteiger partial charge in [-0.05, 0) is 13.3 Å². The third-order valence-electron chi connectivity index (χ3n) is 1.23. The van der Waals surface area contributed by atoms with E-state index in [4.69, 9.17) is 16.3 Å². The number of hydrogen-bond donors (Lipinski definition) is 0. The number of halogens is 1. The molecule has 1 heterocycles. The molecule has 0 spiro atoms. The first-order chi connectivity index (χ1) is 3.34. The second kappa shape index (κ2) is 2.01. The van der Waals surface area contributed by atoms with Crippen LogP contribution < -0.4 is 0 Å². The molecule has 0 amide bonds. The molecule has 0 saturated carbocycles. The molecule has 0 aromatic heterocycles. The van der Waals surface area contributed by atoms with Gasteiger partial charge in [-0.1, -0.05) is 0 Å². The van der Waals surface area contributed by atoms with E-state index in [-0.39, 0.29) is 0 Å². The van der Waals surface area contributed by atoms with Crippen LogP contribution in [0.3, 0.4) is 0 Å². The van der Waals surface area contributed by atoms with E-state index in [1.165, 1.54) is 0 Å². The molecule has 0 aliphatic carbocycles. The molecule has 1 fully saturated rings. The highest BCUT2D eigenvalue weighted by Gasteiger charge is 2.32. The number of rotatable bonds is 2. The lowest BCUT2D eigenvalue weighted by molar-refractivity contribution is 0.375. The first-order valence-corrected chi connectivity index (χ1v) is 3.09. The summed E-state index contributed by atoms with van der Waals surface area (Å²) in [4.78, 5) is 0. The molecule has 2 heteroatoms. The molecule has 1 saturated heterocycles. The Bertz CT molecular complexity index is 65.1. The van der Waals surface area contributed by atoms with Crippen molar-refractivity contribution in [2.24, 2.45) is 0 Å². The minimum absolute atomic E-state index is 0.484. The zero-order valence-electron chi connectivity index (χ0n) is 4.36. The molecule has 1 aliphatic heterocycles. The lowest BCUT2D eigenvalue weighted by Gasteiger charge is -1.80. The summed E-state index contributed by atoms with van der Waals surface area (Å²) in [6.45, 7) is 2.07. The zero-order valence-corrected chi connectivity index (χ0v) is 5.11. The Hall–Kier alpha value is 0.250. The Kier molecular flexibility index (Phi) is 1.55. The van der Waals surface area contributed by atoms with E-state index in [1.54, 1.807) is 0 Å². The van der Waals surface area contributed by atoms with Gasteiger partial charge in [0.1, 0.15) is 0 Å². The first-order valence-electron chi connectivity index (χ1n) is 2.56. The van der Waals surface area contributed by atoms with Gasteiger partial charge in [0.2, 0.25) is 0 Å². The molecule has 2 atom stereocenters. The van der Waals surface area contributed by atoms with E-state index in [0.29, 0.717) is 12.2 Å². The summed E-state index contributed by atoms with van der Waals surface area (Å²) in [7, 11) is 0. The zero-order chi connectivity index (χ0) is 5.28. The summed E-state index contributed by atoms with van der Waals surface area (Å²) in [5.74, 6) is 0.731. The highest BCUT2D eigenvalue weighted by molar-refractivity contribution is 6.17. The standard InChI is InChI=1S/C5H9ClO/c1-4-5(7-4)2-3-6/h4-5H,2-3H2,1H3/t4-,5-/m0/s1. The van der Waals surface area contributed by atoms with Crippen molar-refractivity contribution in [2.45, 2.75) is 25.6 Å². The van der Waals surface area contributed by atoms with E-state index in [9.17, 15) is 0 Å². The van der Waals surface area contributed by atoms with Gasteiger partial charge >= 0.3 is 0 Å². The van der Waals surface area contributed by atoms with Gasteiger partial charge in [0.25, 0.3) is 0 Å². The Balaban J connectivity index is 1.98. The SMILES string of the molecule is C[C@@H]1O[C@H]1CCCl. The molecular formula is C5H9ClO. The van der Waals surface area contributed by atoms with Crippen molar-refractivity contribution in [3.05, 3.63) is 0 Å². The summed E-state index contributed by atoms with van der Waals surface area (Å²) in [5, 5.41) is 0. The van der Waals surface area contributed by atoms with Crippen LogP contribution in [0, 0.1) is 0 Å². The molecule has 0 bridgehead atoms. The van der Waals surface area contributed by atoms with Crippen LogP contribution in [-0.4, -0.2) is 18.1 Å². The molecule has 1 aliphatic rings. The lowest BCUT2D eigenvalue weighted by atomic mass is 10.3. The normalized spacial score (nSPS) is 38.6. The summed E-state index contributed by atoms with van der Waals surface area (Å²) >= 11 is 5.42. The fourth-order valence-electron chi connectivity index (χ4n) is 0.641. The molecular weight excluding hydrogens is 112 g/mol. The predicted octanol–water partition coefficient (Wildman–Crippen LogP) is 1.40. The van der Waals surface area contributed by atoms with Gasteiger partial charge in [0.05, 0.1) is 12.2 Å². The van der Waals surface area contributed by atoms with E-state index >= 15 is 0 Å². The smallest absolute Gasteiger partial charge is 0.0850 e. The maximum atomic E-state index is 5.42. The summed E-state index contributed by atoms with van der Waals surface area (Å²) in [5.41, 5.74) is 0. The average Bonchev–Trinajstić information content (AvgIpc) is 2.22. The lowest BCUT2D eigenvalue weighted by Crippen LogP contribution is -1.88. The van der Waals surface area contributed by atoms with Gasteiger partial charge in [-0.15, -0.1) is 11.6 Å². The van der Waals surface area contributed by atoms with Crippen LogP contribution in [0.15, 0.2) is 0 Å². The molecule has 0 unspecified atom stereocenters. The topological polar surface area (TPSA) is 12.5 Å². The Morgan fingerprint density at radius 3 is 2.43 bits per heavy atom. The Morgan fingerprint density at radius 2 is 2.29 bits per heavy atom. The van der Waals surface area contributed by atoms with Crippen molar-refractivity contribution in [3.8, 4) is 0 Å². The second-order valence-electron chi connectivity index (χ2n) is 1.86. The van der Waals surface area contributed by atoms with Crippen molar-refractivity contribution in [2.75, 3.05) is 5.88 Å². The van der Waals surface area contributed by atoms with Crippen molar-refractivity contribution in [1.29, 1.82) is 0 Å². The molecule has 0 N–H and O–H groups in total. The maximum absolute atomic E-state index is 5.42. The largest absolute Gasteiger partial charge is 0.370 e. The molecule has 1 rings (SSSR count). The average molecular weight is 121 g/mol. The van der Waals surface area contributed by atoms with Crippen LogP contribution in [0.5, 0.6) is 0 Å². The van der Waals surface area contributed by atoms with Crippen molar-refractivity contribution in [3.63, 3.8) is 0 Å². The van der Waals surface area contributed by atoms with Gasteiger partial charge in [-0.2, -0.15) is 0 Å². The second-order valence-corrected chi connectivity index (χ2v) is 2.24. The molecule has 1 nitrogen and oxygen atoms in total. The van der Waals surface area contributed by atoms with Gasteiger partial charge in [0.15, 0.2) is 0 Å². The maximum Gasteiger partial charge on any atom is 0.0850 e. The van der Waals surface area contributed by atoms with Gasteiger partial charge in [-0.25, -0.2) is 0 Å². The fourth-order valence-corrected chi connectivity index (χ4v) is 0.856. The van der Waals surface area contributed by atoms with Crippen LogP contribution in [0.4, 0.5) is 0 Å². The van der Waals surface area contributed by atoms with E-state index in [0.717, 1.165) is 12.3 Å². The number of epoxide rings is 1. The quantitative estimate of drug-likeness (QED) is 0.397. The fraction of sp³-hybridized carbons (Fsp3) is 1.00. The molecule has 0 aromatic rings. The number of alkyl halides is 1. The van der Waals surface area contributed by atoms with Crippen molar-refractivity contribution >= 4 is 11.6 Å². The van der Waals surface area contributed by atoms with Gasteiger partial charge in [-0.3, -0.25) is 0 Å². The van der Waals surface area contributed by atoms with Crippen LogP contribution in [0.2, 0.25) is 0 Å². The Labute approximate surface area is 48.6 Å². The van der Waals surface area contributed by atoms with Crippen LogP contribution in [0.1, 0.15) is 13.3 Å². The highest BCUT2D eigenvalue weighted by Crippen LogP contribution is 2.24. The highest BCUT2D eigenvalue weighted by atomic mass is 35.5. The van der Waals surface area contributed by atoms with Crippen LogP contribution >= 0.6 is 11.6 Å². The van der Waals surface area contributed by atoms with Crippen molar-refractivity contribution < 1.29 is 4.74 Å². The van der Waals surface area contributed by atoms with E-state index < -0.39 is 0 Å². The summed E-state index contributed by atoms with van der Waals surface area (Å²) in [6.07, 6.45) is 1.99. The van der Waals surface area contributed by atoms with Gasteiger partial charge in [0, 0.05) is 5.88 Å². The van der Waals surface area contributed by atoms with E-state index in [1.807, 2.05) is 0 Å². The summed E-state index contributed by atoms with van der Waals surface area (Å²) < 4.78 is 5.07. The third-order valence-corrected chi connectivity index (χ3v) is 1.45. The third kappa shape index (κ3) is 1.32. The van der Waals surface area contributed by atoms with Crippen LogP contribution in [0.25, 0.3) is 0 Å². The molecule has 0 radical (unpaired) electrons. The van der Waals surface area contributed by atoms with Gasteiger partial charge < -0.3 is 4.74 Å². The monoisotopic (exact) mass is 120 g/mol. The molecule has 7 heavy (non-hydrogen) atoms. The van der Waals surface area contributed by atoms with Crippen molar-refractivity contribution in [1.82, 2.24) is 0 Å². The number of ether oxygens (including phenoxy) is 1. The minimum Gasteiger partial charge on any atom is -0.370 e. The van der Waals surface area contributed by atoms with E-state index in [2.05, 4.69) is 6.92 Å². The summed E-state index contributed by atoms with van der Waals surface area (Å²) in [6, 6.07) is 0. The predicted molar refractivity (Wildman–Crippen MR) is 29.7 cm³/mol. The van der Waals surface area contributed by atoms with Crippen LogP contribution in [-0.2, 0) is 4.74 Å². The Morgan fingerprint density at radius 1 is 1.71 bits per heavy atom. The number of hydrogen-bond acceptors (Lipinski definition) is 1. The minimum atomic E-state index is 0.484.